The van der Waals surface area contributed by atoms with E-state index in [2.05, 4.69) is 13.2 Å². The topological polar surface area (TPSA) is 55.8 Å². The Kier molecular flexibility index (Phi) is 4.93. The number of hydrogen-bond donors (Lipinski definition) is 0. The highest BCUT2D eigenvalue weighted by Gasteiger charge is 2.40. The molecule has 1 aliphatic heterocycles. The predicted molar refractivity (Wildman–Crippen MR) is 91.3 cm³/mol. The summed E-state index contributed by atoms with van der Waals surface area (Å²) in [6.07, 6.45) is 2.04. The molecule has 1 fully saturated rings. The largest absolute Gasteiger partial charge is 0.464 e. The van der Waals surface area contributed by atoms with Gasteiger partial charge in [-0.25, -0.2) is 4.79 Å². The Labute approximate surface area is 141 Å². The Morgan fingerprint density at radius 1 is 1.42 bits per heavy atom. The summed E-state index contributed by atoms with van der Waals surface area (Å²) in [5.41, 5.74) is 2.34. The van der Waals surface area contributed by atoms with Gasteiger partial charge in [-0.3, -0.25) is 9.69 Å². The molecule has 1 saturated heterocycles. The molecular weight excluding hydrogens is 306 g/mol. The lowest BCUT2D eigenvalue weighted by atomic mass is 9.90. The third-order valence-corrected chi connectivity index (χ3v) is 3.99. The average Bonchev–Trinajstić information content (AvgIpc) is 2.94. The average molecular weight is 327 g/mol. The third kappa shape index (κ3) is 3.40. The highest BCUT2D eigenvalue weighted by atomic mass is 16.6. The molecule has 0 radical (unpaired) electrons. The van der Waals surface area contributed by atoms with E-state index in [0.29, 0.717) is 0 Å². The number of amides is 1. The van der Waals surface area contributed by atoms with E-state index in [1.807, 2.05) is 45.0 Å². The molecule has 0 saturated carbocycles. The minimum absolute atomic E-state index is 0.00525. The SMILES string of the molecule is C=CC(=O)OC=C1OCN(C(C)(C)c2cccc(C(=C)C)c2)C1=O. The second kappa shape index (κ2) is 6.74. The fraction of sp³-hybridized carbons (Fsp3) is 0.263. The van der Waals surface area contributed by atoms with Gasteiger partial charge in [0.2, 0.25) is 5.76 Å². The molecule has 0 aliphatic carbocycles. The van der Waals surface area contributed by atoms with E-state index in [0.717, 1.165) is 29.0 Å². The number of hydrogen-bond acceptors (Lipinski definition) is 4. The van der Waals surface area contributed by atoms with Crippen molar-refractivity contribution >= 4 is 17.4 Å². The first kappa shape index (κ1) is 17.5. The van der Waals surface area contributed by atoms with Crippen LogP contribution in [0.5, 0.6) is 0 Å². The summed E-state index contributed by atoms with van der Waals surface area (Å²) in [7, 11) is 0. The van der Waals surface area contributed by atoms with Crippen LogP contribution >= 0.6 is 0 Å². The highest BCUT2D eigenvalue weighted by Crippen LogP contribution is 2.33. The van der Waals surface area contributed by atoms with E-state index in [1.165, 1.54) is 0 Å². The van der Waals surface area contributed by atoms with Gasteiger partial charge in [-0.2, -0.15) is 0 Å². The van der Waals surface area contributed by atoms with Crippen molar-refractivity contribution in [3.63, 3.8) is 0 Å². The number of allylic oxidation sites excluding steroid dienone is 1. The molecule has 5 heteroatoms. The normalized spacial score (nSPS) is 16.0. The molecule has 0 N–H and O–H groups in total. The zero-order valence-corrected chi connectivity index (χ0v) is 14.2. The Bertz CT molecular complexity index is 731. The van der Waals surface area contributed by atoms with Gasteiger partial charge in [-0.05, 0) is 38.0 Å². The van der Waals surface area contributed by atoms with Crippen LogP contribution in [0.3, 0.4) is 0 Å². The number of rotatable bonds is 5. The van der Waals surface area contributed by atoms with Crippen molar-refractivity contribution in [2.75, 3.05) is 6.73 Å². The van der Waals surface area contributed by atoms with Crippen LogP contribution in [0.15, 0.2) is 55.5 Å². The monoisotopic (exact) mass is 327 g/mol. The molecule has 0 bridgehead atoms. The third-order valence-electron chi connectivity index (χ3n) is 3.99. The van der Waals surface area contributed by atoms with Gasteiger partial charge < -0.3 is 9.47 Å². The molecule has 126 valence electrons. The molecule has 1 heterocycles. The summed E-state index contributed by atoms with van der Waals surface area (Å²) >= 11 is 0. The lowest BCUT2D eigenvalue weighted by molar-refractivity contribution is -0.132. The molecule has 0 aromatic heterocycles. The summed E-state index contributed by atoms with van der Waals surface area (Å²) in [5, 5.41) is 0. The molecule has 1 amide bonds. The van der Waals surface area contributed by atoms with Crippen molar-refractivity contribution in [2.45, 2.75) is 26.3 Å². The fourth-order valence-corrected chi connectivity index (χ4v) is 2.37. The first-order valence-corrected chi connectivity index (χ1v) is 7.51. The van der Waals surface area contributed by atoms with Crippen LogP contribution in [0, 0.1) is 0 Å². The molecule has 1 aromatic rings. The molecule has 5 nitrogen and oxygen atoms in total. The molecule has 1 aromatic carbocycles. The van der Waals surface area contributed by atoms with Crippen LogP contribution in [0.2, 0.25) is 0 Å². The minimum Gasteiger partial charge on any atom is -0.464 e. The van der Waals surface area contributed by atoms with Crippen molar-refractivity contribution in [1.29, 1.82) is 0 Å². The van der Waals surface area contributed by atoms with Crippen molar-refractivity contribution in [3.05, 3.63) is 66.6 Å². The molecule has 0 atom stereocenters. The van der Waals surface area contributed by atoms with Crippen molar-refractivity contribution < 1.29 is 19.1 Å². The Morgan fingerprint density at radius 2 is 2.12 bits per heavy atom. The van der Waals surface area contributed by atoms with Gasteiger partial charge in [0.15, 0.2) is 6.73 Å². The standard InChI is InChI=1S/C19H21NO4/c1-6-17(21)23-11-16-18(22)20(12-24-16)19(4,5)15-9-7-8-14(10-15)13(2)3/h6-11H,1-2,12H2,3-5H3. The van der Waals surface area contributed by atoms with Gasteiger partial charge in [0, 0.05) is 6.08 Å². The molecule has 0 spiro atoms. The first-order valence-electron chi connectivity index (χ1n) is 7.51. The number of carbonyl (C=O) groups is 2. The summed E-state index contributed by atoms with van der Waals surface area (Å²) < 4.78 is 10.1. The first-order chi connectivity index (χ1) is 11.3. The minimum atomic E-state index is -0.647. The van der Waals surface area contributed by atoms with E-state index in [1.54, 1.807) is 4.90 Å². The van der Waals surface area contributed by atoms with Gasteiger partial charge in [0.05, 0.1) is 5.54 Å². The summed E-state index contributed by atoms with van der Waals surface area (Å²) in [6.45, 7) is 13.1. The maximum absolute atomic E-state index is 12.5. The van der Waals surface area contributed by atoms with Crippen LogP contribution in [0.25, 0.3) is 5.57 Å². The van der Waals surface area contributed by atoms with Crippen LogP contribution in [-0.2, 0) is 24.6 Å². The number of esters is 1. The van der Waals surface area contributed by atoms with Crippen LogP contribution in [-0.4, -0.2) is 23.5 Å². The summed E-state index contributed by atoms with van der Waals surface area (Å²) in [4.78, 5) is 25.2. The van der Waals surface area contributed by atoms with Crippen LogP contribution in [0.4, 0.5) is 0 Å². The molecular formula is C19H21NO4. The molecule has 1 aliphatic rings. The summed E-state index contributed by atoms with van der Waals surface area (Å²) in [5.74, 6) is -0.988. The van der Waals surface area contributed by atoms with Crippen molar-refractivity contribution in [3.8, 4) is 0 Å². The second-order valence-corrected chi connectivity index (χ2v) is 6.05. The van der Waals surface area contributed by atoms with E-state index in [9.17, 15) is 9.59 Å². The fourth-order valence-electron chi connectivity index (χ4n) is 2.37. The lowest BCUT2D eigenvalue weighted by Gasteiger charge is -2.34. The summed E-state index contributed by atoms with van der Waals surface area (Å²) in [6, 6.07) is 7.88. The van der Waals surface area contributed by atoms with Crippen molar-refractivity contribution in [2.24, 2.45) is 0 Å². The van der Waals surface area contributed by atoms with Gasteiger partial charge in [-0.1, -0.05) is 36.9 Å². The Balaban J connectivity index is 2.26. The maximum Gasteiger partial charge on any atom is 0.335 e. The predicted octanol–water partition coefficient (Wildman–Crippen LogP) is 3.34. The smallest absolute Gasteiger partial charge is 0.335 e. The van der Waals surface area contributed by atoms with E-state index in [4.69, 9.17) is 9.47 Å². The van der Waals surface area contributed by atoms with E-state index < -0.39 is 11.5 Å². The zero-order valence-electron chi connectivity index (χ0n) is 14.2. The van der Waals surface area contributed by atoms with Crippen LogP contribution in [0.1, 0.15) is 31.9 Å². The Morgan fingerprint density at radius 3 is 2.75 bits per heavy atom. The number of nitrogens with zero attached hydrogens (tertiary/aromatic N) is 1. The van der Waals surface area contributed by atoms with Gasteiger partial charge in [-0.15, -0.1) is 0 Å². The zero-order chi connectivity index (χ0) is 17.9. The lowest BCUT2D eigenvalue weighted by Crippen LogP contribution is -2.42. The molecule has 2 rings (SSSR count). The maximum atomic E-state index is 12.5. The number of benzene rings is 1. The quantitative estimate of drug-likeness (QED) is 0.473. The van der Waals surface area contributed by atoms with Crippen molar-refractivity contribution in [1.82, 2.24) is 4.90 Å². The number of carbonyl (C=O) groups excluding carboxylic acids is 2. The van der Waals surface area contributed by atoms with E-state index >= 15 is 0 Å². The molecule has 0 unspecified atom stereocenters. The van der Waals surface area contributed by atoms with Gasteiger partial charge in [0.1, 0.15) is 6.26 Å². The van der Waals surface area contributed by atoms with Gasteiger partial charge >= 0.3 is 5.97 Å². The second-order valence-electron chi connectivity index (χ2n) is 6.05. The van der Waals surface area contributed by atoms with Gasteiger partial charge in [0.25, 0.3) is 5.91 Å². The van der Waals surface area contributed by atoms with Crippen LogP contribution < -0.4 is 0 Å². The molecule has 24 heavy (non-hydrogen) atoms. The van der Waals surface area contributed by atoms with E-state index in [-0.39, 0.29) is 18.4 Å². The Hall–Kier alpha value is -2.82. The highest BCUT2D eigenvalue weighted by molar-refractivity contribution is 5.94. The number of ether oxygens (including phenoxy) is 2.